The molecule has 3 rings (SSSR count). The molecule has 1 fully saturated rings. The first-order chi connectivity index (χ1) is 10.2. The van der Waals surface area contributed by atoms with Crippen LogP contribution in [0.4, 0.5) is 0 Å². The molecule has 0 saturated carbocycles. The van der Waals surface area contributed by atoms with Crippen molar-refractivity contribution in [2.45, 2.75) is 39.2 Å². The summed E-state index contributed by atoms with van der Waals surface area (Å²) in [7, 11) is 0. The van der Waals surface area contributed by atoms with E-state index in [-0.39, 0.29) is 6.04 Å². The number of hydrogen-bond acceptors (Lipinski definition) is 3. The lowest BCUT2D eigenvalue weighted by atomic mass is 9.92. The third-order valence-corrected chi connectivity index (χ3v) is 4.94. The summed E-state index contributed by atoms with van der Waals surface area (Å²) in [4.78, 5) is 2.57. The van der Waals surface area contributed by atoms with E-state index in [4.69, 9.17) is 10.2 Å². The topological polar surface area (TPSA) is 42.4 Å². The molecule has 2 aromatic rings. The molecule has 21 heavy (non-hydrogen) atoms. The molecule has 2 heterocycles. The molecule has 1 aromatic heterocycles. The standard InChI is InChI=1S/C18H26N2O/c1-3-14-7-6-10-20(12-14)16(11-19)18-13(2)21-17-9-5-4-8-15(17)18/h4-5,8-9,14,16H,3,6-7,10-12,19H2,1-2H3. The molecule has 2 unspecified atom stereocenters. The summed E-state index contributed by atoms with van der Waals surface area (Å²) in [5.41, 5.74) is 8.43. The molecule has 0 bridgehead atoms. The zero-order valence-electron chi connectivity index (χ0n) is 13.1. The molecule has 1 aliphatic rings. The van der Waals surface area contributed by atoms with Crippen molar-refractivity contribution < 1.29 is 4.42 Å². The minimum atomic E-state index is 0.281. The average Bonchev–Trinajstić information content (AvgIpc) is 2.85. The van der Waals surface area contributed by atoms with Crippen molar-refractivity contribution in [2.24, 2.45) is 11.7 Å². The van der Waals surface area contributed by atoms with Gasteiger partial charge in [-0.15, -0.1) is 0 Å². The van der Waals surface area contributed by atoms with Crippen LogP contribution in [-0.4, -0.2) is 24.5 Å². The van der Waals surface area contributed by atoms with E-state index in [1.807, 2.05) is 12.1 Å². The Hall–Kier alpha value is -1.32. The zero-order chi connectivity index (χ0) is 14.8. The molecule has 3 heteroatoms. The van der Waals surface area contributed by atoms with E-state index in [9.17, 15) is 0 Å². The second-order valence-corrected chi connectivity index (χ2v) is 6.23. The van der Waals surface area contributed by atoms with Crippen molar-refractivity contribution in [1.82, 2.24) is 4.90 Å². The quantitative estimate of drug-likeness (QED) is 0.928. The molecule has 3 nitrogen and oxygen atoms in total. The predicted octanol–water partition coefficient (Wildman–Crippen LogP) is 3.86. The van der Waals surface area contributed by atoms with Crippen LogP contribution in [0.25, 0.3) is 11.0 Å². The van der Waals surface area contributed by atoms with Gasteiger partial charge in [-0.25, -0.2) is 0 Å². The maximum atomic E-state index is 6.16. The smallest absolute Gasteiger partial charge is 0.134 e. The molecule has 0 spiro atoms. The number of para-hydroxylation sites is 1. The second kappa shape index (κ2) is 6.20. The molecular weight excluding hydrogens is 260 g/mol. The number of hydrogen-bond donors (Lipinski definition) is 1. The fourth-order valence-corrected chi connectivity index (χ4v) is 3.76. The lowest BCUT2D eigenvalue weighted by Crippen LogP contribution is -2.41. The van der Waals surface area contributed by atoms with Gasteiger partial charge in [-0.05, 0) is 38.3 Å². The first-order valence-electron chi connectivity index (χ1n) is 8.16. The van der Waals surface area contributed by atoms with E-state index in [0.29, 0.717) is 6.54 Å². The maximum absolute atomic E-state index is 6.16. The van der Waals surface area contributed by atoms with Gasteiger partial charge in [0.15, 0.2) is 0 Å². The number of piperidine rings is 1. The Morgan fingerprint density at radius 2 is 2.19 bits per heavy atom. The van der Waals surface area contributed by atoms with Gasteiger partial charge in [-0.2, -0.15) is 0 Å². The summed E-state index contributed by atoms with van der Waals surface area (Å²) >= 11 is 0. The van der Waals surface area contributed by atoms with E-state index < -0.39 is 0 Å². The van der Waals surface area contributed by atoms with Gasteiger partial charge < -0.3 is 10.2 Å². The third kappa shape index (κ3) is 2.72. The van der Waals surface area contributed by atoms with Crippen LogP contribution < -0.4 is 5.73 Å². The third-order valence-electron chi connectivity index (χ3n) is 4.94. The molecule has 0 aliphatic carbocycles. The molecule has 0 radical (unpaired) electrons. The van der Waals surface area contributed by atoms with Crippen LogP contribution in [0.5, 0.6) is 0 Å². The van der Waals surface area contributed by atoms with Crippen molar-refractivity contribution in [2.75, 3.05) is 19.6 Å². The Labute approximate surface area is 127 Å². The van der Waals surface area contributed by atoms with Gasteiger partial charge in [0.1, 0.15) is 11.3 Å². The lowest BCUT2D eigenvalue weighted by Gasteiger charge is -2.37. The molecule has 0 amide bonds. The van der Waals surface area contributed by atoms with Crippen LogP contribution in [0.15, 0.2) is 28.7 Å². The highest BCUT2D eigenvalue weighted by Crippen LogP contribution is 2.35. The van der Waals surface area contributed by atoms with E-state index in [1.54, 1.807) is 0 Å². The molecular formula is C18H26N2O. The zero-order valence-corrected chi connectivity index (χ0v) is 13.1. The van der Waals surface area contributed by atoms with E-state index in [0.717, 1.165) is 30.4 Å². The molecule has 2 N–H and O–H groups in total. The highest BCUT2D eigenvalue weighted by atomic mass is 16.3. The summed E-state index contributed by atoms with van der Waals surface area (Å²) in [6, 6.07) is 8.60. The van der Waals surface area contributed by atoms with Crippen LogP contribution in [0.3, 0.4) is 0 Å². The van der Waals surface area contributed by atoms with Gasteiger partial charge in [0.25, 0.3) is 0 Å². The van der Waals surface area contributed by atoms with Gasteiger partial charge in [0.05, 0.1) is 6.04 Å². The predicted molar refractivity (Wildman–Crippen MR) is 87.3 cm³/mol. The Balaban J connectivity index is 1.96. The molecule has 114 valence electrons. The van der Waals surface area contributed by atoms with Gasteiger partial charge in [0, 0.05) is 24.0 Å². The van der Waals surface area contributed by atoms with Crippen molar-refractivity contribution in [3.05, 3.63) is 35.6 Å². The van der Waals surface area contributed by atoms with Crippen LogP contribution in [-0.2, 0) is 0 Å². The fraction of sp³-hybridized carbons (Fsp3) is 0.556. The molecule has 1 aromatic carbocycles. The number of aryl methyl sites for hydroxylation is 1. The highest BCUT2D eigenvalue weighted by molar-refractivity contribution is 5.82. The molecule has 1 saturated heterocycles. The number of nitrogens with two attached hydrogens (primary N) is 1. The van der Waals surface area contributed by atoms with Crippen molar-refractivity contribution in [1.29, 1.82) is 0 Å². The Morgan fingerprint density at radius 3 is 2.95 bits per heavy atom. The highest BCUT2D eigenvalue weighted by Gasteiger charge is 2.28. The van der Waals surface area contributed by atoms with Crippen LogP contribution in [0.2, 0.25) is 0 Å². The minimum Gasteiger partial charge on any atom is -0.461 e. The van der Waals surface area contributed by atoms with Crippen molar-refractivity contribution in [3.63, 3.8) is 0 Å². The van der Waals surface area contributed by atoms with E-state index in [1.165, 1.54) is 30.2 Å². The van der Waals surface area contributed by atoms with Crippen LogP contribution in [0.1, 0.15) is 43.6 Å². The Kier molecular flexibility index (Phi) is 4.32. The number of benzene rings is 1. The van der Waals surface area contributed by atoms with Crippen LogP contribution >= 0.6 is 0 Å². The minimum absolute atomic E-state index is 0.281. The number of rotatable bonds is 4. The maximum Gasteiger partial charge on any atom is 0.134 e. The normalized spacial score (nSPS) is 21.8. The molecule has 2 atom stereocenters. The SMILES string of the molecule is CCC1CCCN(C(CN)c2c(C)oc3ccccc23)C1. The molecule has 1 aliphatic heterocycles. The summed E-state index contributed by atoms with van der Waals surface area (Å²) in [5, 5.41) is 1.23. The van der Waals surface area contributed by atoms with Gasteiger partial charge in [0.2, 0.25) is 0 Å². The number of likely N-dealkylation sites (tertiary alicyclic amines) is 1. The number of furan rings is 1. The van der Waals surface area contributed by atoms with Gasteiger partial charge >= 0.3 is 0 Å². The van der Waals surface area contributed by atoms with E-state index >= 15 is 0 Å². The van der Waals surface area contributed by atoms with Crippen LogP contribution in [0, 0.1) is 12.8 Å². The summed E-state index contributed by atoms with van der Waals surface area (Å²) in [6.07, 6.45) is 3.90. The number of fused-ring (bicyclic) bond motifs is 1. The first kappa shape index (κ1) is 14.6. The Morgan fingerprint density at radius 1 is 1.38 bits per heavy atom. The fourth-order valence-electron chi connectivity index (χ4n) is 3.76. The summed E-state index contributed by atoms with van der Waals surface area (Å²) in [5.74, 6) is 1.83. The monoisotopic (exact) mass is 286 g/mol. The Bertz CT molecular complexity index is 604. The van der Waals surface area contributed by atoms with Gasteiger partial charge in [-0.1, -0.05) is 31.5 Å². The van der Waals surface area contributed by atoms with Crippen molar-refractivity contribution >= 4 is 11.0 Å². The van der Waals surface area contributed by atoms with Crippen molar-refractivity contribution in [3.8, 4) is 0 Å². The largest absolute Gasteiger partial charge is 0.461 e. The summed E-state index contributed by atoms with van der Waals surface area (Å²) < 4.78 is 5.94. The second-order valence-electron chi connectivity index (χ2n) is 6.23. The number of nitrogens with zero attached hydrogens (tertiary/aromatic N) is 1. The van der Waals surface area contributed by atoms with Gasteiger partial charge in [-0.3, -0.25) is 4.90 Å². The summed E-state index contributed by atoms with van der Waals surface area (Å²) in [6.45, 7) is 7.33. The lowest BCUT2D eigenvalue weighted by molar-refractivity contribution is 0.124. The van der Waals surface area contributed by atoms with E-state index in [2.05, 4.69) is 30.9 Å². The first-order valence-corrected chi connectivity index (χ1v) is 8.16. The average molecular weight is 286 g/mol.